The van der Waals surface area contributed by atoms with Crippen LogP contribution in [0.3, 0.4) is 0 Å². The molecular formula is C47H47N3O4. The number of hydrogen-bond acceptors (Lipinski definition) is 4. The summed E-state index contributed by atoms with van der Waals surface area (Å²) in [6, 6.07) is 41.4. The maximum atomic E-state index is 14.6. The average molecular weight is 718 g/mol. The third kappa shape index (κ3) is 7.09. The van der Waals surface area contributed by atoms with Crippen molar-refractivity contribution in [3.05, 3.63) is 151 Å². The van der Waals surface area contributed by atoms with Crippen LogP contribution in [0.25, 0.3) is 44.3 Å². The molecule has 1 amide bonds. The number of hydrogen-bond donors (Lipinski definition) is 2. The number of nitrogens with zero attached hydrogens (tertiary/aromatic N) is 1. The normalized spacial score (nSPS) is 12.4. The quantitative estimate of drug-likeness (QED) is 0.104. The molecule has 0 aliphatic heterocycles. The molecule has 7 nitrogen and oxygen atoms in total. The summed E-state index contributed by atoms with van der Waals surface area (Å²) in [5.74, 6) is 1.43. The lowest BCUT2D eigenvalue weighted by atomic mass is 9.84. The van der Waals surface area contributed by atoms with Crippen molar-refractivity contribution < 1.29 is 19.0 Å². The van der Waals surface area contributed by atoms with Crippen LogP contribution in [0.2, 0.25) is 0 Å². The first kappa shape index (κ1) is 36.2. The number of benzene rings is 5. The Kier molecular flexibility index (Phi) is 10.9. The lowest BCUT2D eigenvalue weighted by Gasteiger charge is -2.26. The maximum Gasteiger partial charge on any atom is 0.223 e. The van der Waals surface area contributed by atoms with E-state index >= 15 is 0 Å². The van der Waals surface area contributed by atoms with Gasteiger partial charge >= 0.3 is 0 Å². The van der Waals surface area contributed by atoms with Gasteiger partial charge in [0.15, 0.2) is 11.5 Å². The molecule has 0 radical (unpaired) electrons. The van der Waals surface area contributed by atoms with E-state index in [1.54, 1.807) is 21.3 Å². The minimum Gasteiger partial charge on any atom is -0.493 e. The number of H-pyrrole nitrogens is 2. The van der Waals surface area contributed by atoms with Crippen molar-refractivity contribution in [2.75, 3.05) is 34.9 Å². The number of nitrogens with one attached hydrogen (secondary N) is 2. The Bertz CT molecular complexity index is 2350. The van der Waals surface area contributed by atoms with Gasteiger partial charge in [-0.1, -0.05) is 103 Å². The number of carbonyl (C=O) groups is 1. The second-order valence-corrected chi connectivity index (χ2v) is 13.7. The number of amides is 1. The third-order valence-electron chi connectivity index (χ3n) is 10.5. The molecule has 0 spiro atoms. The third-order valence-corrected chi connectivity index (χ3v) is 10.5. The van der Waals surface area contributed by atoms with Crippen molar-refractivity contribution in [1.82, 2.24) is 14.9 Å². The van der Waals surface area contributed by atoms with Gasteiger partial charge in [0.25, 0.3) is 0 Å². The lowest BCUT2D eigenvalue weighted by molar-refractivity contribution is -0.130. The van der Waals surface area contributed by atoms with Crippen molar-refractivity contribution in [1.29, 1.82) is 0 Å². The zero-order chi connectivity index (χ0) is 37.6. The average Bonchev–Trinajstić information content (AvgIpc) is 3.80. The summed E-state index contributed by atoms with van der Waals surface area (Å²) in [6.45, 7) is 4.71. The molecule has 0 bridgehead atoms. The fourth-order valence-electron chi connectivity index (χ4n) is 7.85. The van der Waals surface area contributed by atoms with Crippen molar-refractivity contribution in [3.8, 4) is 39.8 Å². The predicted molar refractivity (Wildman–Crippen MR) is 220 cm³/mol. The molecular weight excluding hydrogens is 671 g/mol. The smallest absolute Gasteiger partial charge is 0.223 e. The van der Waals surface area contributed by atoms with Gasteiger partial charge in [0, 0.05) is 53.4 Å². The van der Waals surface area contributed by atoms with Crippen LogP contribution in [-0.4, -0.2) is 55.7 Å². The molecule has 2 unspecified atom stereocenters. The molecule has 7 heteroatoms. The second kappa shape index (κ2) is 16.2. The molecule has 274 valence electrons. The van der Waals surface area contributed by atoms with E-state index in [1.165, 1.54) is 10.9 Å². The lowest BCUT2D eigenvalue weighted by Crippen LogP contribution is -2.30. The van der Waals surface area contributed by atoms with Gasteiger partial charge in [0.2, 0.25) is 11.7 Å². The minimum atomic E-state index is -0.345. The summed E-state index contributed by atoms with van der Waals surface area (Å²) < 4.78 is 17.3. The molecule has 7 rings (SSSR count). The molecule has 0 aliphatic carbocycles. The number of rotatable bonds is 15. The van der Waals surface area contributed by atoms with Crippen molar-refractivity contribution in [2.45, 2.75) is 31.1 Å². The van der Waals surface area contributed by atoms with E-state index in [9.17, 15) is 4.79 Å². The molecule has 54 heavy (non-hydrogen) atoms. The molecule has 2 atom stereocenters. The van der Waals surface area contributed by atoms with Gasteiger partial charge in [-0.15, -0.1) is 6.58 Å². The fourth-order valence-corrected chi connectivity index (χ4v) is 7.85. The minimum absolute atomic E-state index is 0.0395. The van der Waals surface area contributed by atoms with Gasteiger partial charge < -0.3 is 29.1 Å². The largest absolute Gasteiger partial charge is 0.493 e. The fraction of sp³-hybridized carbons (Fsp3) is 0.213. The molecule has 2 N–H and O–H groups in total. The zero-order valence-corrected chi connectivity index (χ0v) is 31.4. The molecule has 2 heterocycles. The highest BCUT2D eigenvalue weighted by Gasteiger charge is 2.30. The van der Waals surface area contributed by atoms with E-state index < -0.39 is 0 Å². The van der Waals surface area contributed by atoms with E-state index in [0.29, 0.717) is 23.8 Å². The summed E-state index contributed by atoms with van der Waals surface area (Å²) >= 11 is 0. The standard InChI is InChI=1S/C47H47N3O4/c1-6-17-31(43-35-22-13-15-24-38(35)48-45(43)32-18-9-7-10-19-32)26-27-50(2)42(51)30-37(34-28-40(52-3)47(54-5)41(29-34)53-4)44-36-23-14-16-25-39(36)49-46(44)33-20-11-8-12-21-33/h6-16,18-25,28-29,31,37,48-49H,1,17,26-27,30H2,2-5H3. The number of methoxy groups -OCH3 is 3. The highest BCUT2D eigenvalue weighted by Crippen LogP contribution is 2.46. The molecule has 7 aromatic rings. The van der Waals surface area contributed by atoms with E-state index in [-0.39, 0.29) is 24.2 Å². The van der Waals surface area contributed by atoms with Crippen molar-refractivity contribution in [2.24, 2.45) is 0 Å². The summed E-state index contributed by atoms with van der Waals surface area (Å²) in [6.07, 6.45) is 3.78. The van der Waals surface area contributed by atoms with E-state index in [0.717, 1.165) is 62.9 Å². The van der Waals surface area contributed by atoms with Crippen molar-refractivity contribution in [3.63, 3.8) is 0 Å². The summed E-state index contributed by atoms with van der Waals surface area (Å²) in [5.41, 5.74) is 9.59. The zero-order valence-electron chi connectivity index (χ0n) is 31.4. The number of ether oxygens (including phenoxy) is 3. The van der Waals surface area contributed by atoms with Crippen LogP contribution in [0.15, 0.2) is 134 Å². The Morgan fingerprint density at radius 2 is 1.20 bits per heavy atom. The first-order chi connectivity index (χ1) is 26.4. The summed E-state index contributed by atoms with van der Waals surface area (Å²) in [4.78, 5) is 23.9. The molecule has 5 aromatic carbocycles. The SMILES string of the molecule is C=CCC(CCN(C)C(=O)CC(c1cc(OC)c(OC)c(OC)c1)c1c(-c2ccccc2)[nH]c2ccccc12)c1c(-c2ccccc2)[nH]c2ccccc12. The number of aromatic nitrogens is 2. The Hall–Kier alpha value is -6.21. The van der Waals surface area contributed by atoms with Gasteiger partial charge in [0.05, 0.1) is 27.0 Å². The van der Waals surface area contributed by atoms with Crippen LogP contribution in [-0.2, 0) is 4.79 Å². The summed E-state index contributed by atoms with van der Waals surface area (Å²) in [5, 5.41) is 2.26. The molecule has 0 fully saturated rings. The monoisotopic (exact) mass is 717 g/mol. The van der Waals surface area contributed by atoms with Crippen molar-refractivity contribution >= 4 is 27.7 Å². The second-order valence-electron chi connectivity index (χ2n) is 13.7. The molecule has 0 saturated carbocycles. The van der Waals surface area contributed by atoms with E-state index in [4.69, 9.17) is 14.2 Å². The number of allylic oxidation sites excluding steroid dienone is 1. The topological polar surface area (TPSA) is 79.6 Å². The van der Waals surface area contributed by atoms with Crippen LogP contribution in [0.5, 0.6) is 17.2 Å². The highest BCUT2D eigenvalue weighted by atomic mass is 16.5. The van der Waals surface area contributed by atoms with E-state index in [2.05, 4.69) is 89.3 Å². The Morgan fingerprint density at radius 1 is 0.704 bits per heavy atom. The summed E-state index contributed by atoms with van der Waals surface area (Å²) in [7, 11) is 6.75. The van der Waals surface area contributed by atoms with Gasteiger partial charge in [-0.05, 0) is 70.8 Å². The first-order valence-corrected chi connectivity index (χ1v) is 18.4. The van der Waals surface area contributed by atoms with Gasteiger partial charge in [-0.3, -0.25) is 4.79 Å². The van der Waals surface area contributed by atoms with Gasteiger partial charge in [-0.25, -0.2) is 0 Å². The predicted octanol–water partition coefficient (Wildman–Crippen LogP) is 10.7. The Labute approximate surface area is 317 Å². The molecule has 0 aliphatic rings. The number of para-hydroxylation sites is 2. The van der Waals surface area contributed by atoms with Crippen LogP contribution >= 0.6 is 0 Å². The van der Waals surface area contributed by atoms with Gasteiger partial charge in [0.1, 0.15) is 0 Å². The first-order valence-electron chi connectivity index (χ1n) is 18.4. The van der Waals surface area contributed by atoms with Crippen LogP contribution in [0.1, 0.15) is 47.8 Å². The Balaban J connectivity index is 1.26. The molecule has 2 aromatic heterocycles. The van der Waals surface area contributed by atoms with E-state index in [1.807, 2.05) is 66.6 Å². The molecule has 0 saturated heterocycles. The van der Waals surface area contributed by atoms with Crippen LogP contribution in [0.4, 0.5) is 0 Å². The highest BCUT2D eigenvalue weighted by molar-refractivity contribution is 5.94. The van der Waals surface area contributed by atoms with Crippen LogP contribution in [0, 0.1) is 0 Å². The van der Waals surface area contributed by atoms with Gasteiger partial charge in [-0.2, -0.15) is 0 Å². The number of carbonyl (C=O) groups excluding carboxylic acids is 1. The maximum absolute atomic E-state index is 14.6. The number of fused-ring (bicyclic) bond motifs is 2. The van der Waals surface area contributed by atoms with Crippen LogP contribution < -0.4 is 14.2 Å². The number of aromatic amines is 2. The Morgan fingerprint density at radius 3 is 1.72 bits per heavy atom.